The van der Waals surface area contributed by atoms with Crippen LogP contribution < -0.4 is 5.32 Å². The number of para-hydroxylation sites is 1. The molecule has 0 saturated carbocycles. The molecule has 0 spiro atoms. The fourth-order valence-electron chi connectivity index (χ4n) is 3.60. The lowest BCUT2D eigenvalue weighted by atomic mass is 9.93. The van der Waals surface area contributed by atoms with Gasteiger partial charge in [0.1, 0.15) is 0 Å². The van der Waals surface area contributed by atoms with E-state index in [4.69, 9.17) is 4.99 Å². The first-order valence-electron chi connectivity index (χ1n) is 10.6. The van der Waals surface area contributed by atoms with Crippen molar-refractivity contribution in [3.63, 3.8) is 0 Å². The summed E-state index contributed by atoms with van der Waals surface area (Å²) in [7, 11) is 0. The van der Waals surface area contributed by atoms with Crippen LogP contribution in [-0.2, 0) is 12.8 Å². The summed E-state index contributed by atoms with van der Waals surface area (Å²) in [5.41, 5.74) is 6.76. The Balaban J connectivity index is 2.32. The number of rotatable bonds is 9. The highest BCUT2D eigenvalue weighted by atomic mass is 14.9. The van der Waals surface area contributed by atoms with Gasteiger partial charge in [-0.25, -0.2) is 0 Å². The van der Waals surface area contributed by atoms with Crippen molar-refractivity contribution >= 4 is 11.4 Å². The Morgan fingerprint density at radius 3 is 2.27 bits per heavy atom. The number of nitrogens with zero attached hydrogens (tertiary/aromatic N) is 1. The molecule has 1 aromatic rings. The molecule has 2 rings (SSSR count). The van der Waals surface area contributed by atoms with Crippen LogP contribution in [0.4, 0.5) is 5.69 Å². The predicted molar refractivity (Wildman–Crippen MR) is 116 cm³/mol. The van der Waals surface area contributed by atoms with Crippen molar-refractivity contribution in [1.82, 2.24) is 0 Å². The highest BCUT2D eigenvalue weighted by Gasteiger charge is 2.16. The number of hydrogen-bond donors (Lipinski definition) is 1. The van der Waals surface area contributed by atoms with Gasteiger partial charge in [-0.05, 0) is 61.5 Å². The van der Waals surface area contributed by atoms with Crippen LogP contribution in [0.5, 0.6) is 0 Å². The second kappa shape index (κ2) is 10.5. The Morgan fingerprint density at radius 1 is 1.04 bits per heavy atom. The lowest BCUT2D eigenvalue weighted by Crippen LogP contribution is -2.18. The van der Waals surface area contributed by atoms with Gasteiger partial charge < -0.3 is 5.32 Å². The summed E-state index contributed by atoms with van der Waals surface area (Å²) in [6, 6.07) is 6.82. The Bertz CT molecular complexity index is 595. The fourth-order valence-corrected chi connectivity index (χ4v) is 3.60. The van der Waals surface area contributed by atoms with Gasteiger partial charge in [-0.3, -0.25) is 4.99 Å². The molecule has 0 amide bonds. The molecule has 0 fully saturated rings. The van der Waals surface area contributed by atoms with E-state index in [0.29, 0.717) is 11.8 Å². The van der Waals surface area contributed by atoms with Crippen LogP contribution in [0.2, 0.25) is 0 Å². The van der Waals surface area contributed by atoms with Crippen molar-refractivity contribution in [1.29, 1.82) is 0 Å². The molecule has 0 unspecified atom stereocenters. The van der Waals surface area contributed by atoms with Gasteiger partial charge in [0.2, 0.25) is 0 Å². The summed E-state index contributed by atoms with van der Waals surface area (Å²) in [6.07, 6.45) is 10.5. The number of unbranched alkanes of at least 4 members (excludes halogenated alkanes) is 1. The van der Waals surface area contributed by atoms with E-state index in [1.54, 1.807) is 0 Å². The third-order valence-corrected chi connectivity index (χ3v) is 4.84. The minimum Gasteiger partial charge on any atom is -0.354 e. The number of benzene rings is 1. The van der Waals surface area contributed by atoms with E-state index < -0.39 is 0 Å². The lowest BCUT2D eigenvalue weighted by molar-refractivity contribution is 0.638. The maximum absolute atomic E-state index is 4.92. The molecular weight excluding hydrogens is 316 g/mol. The minimum absolute atomic E-state index is 0.655. The average molecular weight is 355 g/mol. The van der Waals surface area contributed by atoms with E-state index in [0.717, 1.165) is 32.2 Å². The van der Waals surface area contributed by atoms with E-state index in [9.17, 15) is 0 Å². The van der Waals surface area contributed by atoms with E-state index in [1.807, 2.05) is 0 Å². The molecule has 0 aliphatic heterocycles. The number of hydrogen-bond acceptors (Lipinski definition) is 2. The molecule has 0 aromatic heterocycles. The van der Waals surface area contributed by atoms with Gasteiger partial charge in [-0.2, -0.15) is 0 Å². The lowest BCUT2D eigenvalue weighted by Gasteiger charge is -2.23. The second-order valence-corrected chi connectivity index (χ2v) is 8.46. The summed E-state index contributed by atoms with van der Waals surface area (Å²) in [5.74, 6) is 1.31. The Labute approximate surface area is 161 Å². The van der Waals surface area contributed by atoms with Crippen LogP contribution in [-0.4, -0.2) is 12.3 Å². The summed E-state index contributed by atoms with van der Waals surface area (Å²) < 4.78 is 0. The monoisotopic (exact) mass is 354 g/mol. The first-order valence-corrected chi connectivity index (χ1v) is 10.6. The third-order valence-electron chi connectivity index (χ3n) is 4.84. The molecule has 0 heterocycles. The summed E-state index contributed by atoms with van der Waals surface area (Å²) in [4.78, 5) is 4.92. The number of aliphatic imine (C=N–C) groups is 1. The SMILES string of the molecule is CCCCN=C1CCCC=C1Nc1c(CC(C)C)cccc1CC(C)C. The topological polar surface area (TPSA) is 24.4 Å². The van der Waals surface area contributed by atoms with Gasteiger partial charge in [-0.1, -0.05) is 65.3 Å². The van der Waals surface area contributed by atoms with Crippen molar-refractivity contribution in [2.24, 2.45) is 16.8 Å². The summed E-state index contributed by atoms with van der Waals surface area (Å²) >= 11 is 0. The first kappa shape index (κ1) is 20.7. The normalized spacial score (nSPS) is 16.4. The molecule has 26 heavy (non-hydrogen) atoms. The van der Waals surface area contributed by atoms with Crippen molar-refractivity contribution in [2.45, 2.75) is 79.6 Å². The van der Waals surface area contributed by atoms with Gasteiger partial charge in [-0.15, -0.1) is 0 Å². The smallest absolute Gasteiger partial charge is 0.0579 e. The van der Waals surface area contributed by atoms with E-state index in [1.165, 1.54) is 47.5 Å². The molecule has 144 valence electrons. The van der Waals surface area contributed by atoms with E-state index >= 15 is 0 Å². The Kier molecular flexibility index (Phi) is 8.41. The van der Waals surface area contributed by atoms with Crippen LogP contribution in [0.1, 0.15) is 77.8 Å². The molecule has 0 radical (unpaired) electrons. The first-order chi connectivity index (χ1) is 12.5. The zero-order valence-electron chi connectivity index (χ0n) is 17.6. The summed E-state index contributed by atoms with van der Waals surface area (Å²) in [6.45, 7) is 12.4. The standard InChI is InChI=1S/C24H38N2/c1-6-7-15-25-22-13-8-9-14-23(22)26-24-20(16-18(2)3)11-10-12-21(24)17-19(4)5/h10-12,14,18-19,26H,6-9,13,15-17H2,1-5H3. The van der Waals surface area contributed by atoms with Crippen molar-refractivity contribution in [2.75, 3.05) is 11.9 Å². The Morgan fingerprint density at radius 2 is 1.69 bits per heavy atom. The quantitative estimate of drug-likeness (QED) is 0.484. The predicted octanol–water partition coefficient (Wildman–Crippen LogP) is 6.80. The zero-order valence-corrected chi connectivity index (χ0v) is 17.6. The largest absolute Gasteiger partial charge is 0.354 e. The fraction of sp³-hybridized carbons (Fsp3) is 0.625. The van der Waals surface area contributed by atoms with Crippen LogP contribution in [0, 0.1) is 11.8 Å². The van der Waals surface area contributed by atoms with Gasteiger partial charge in [0.05, 0.1) is 11.4 Å². The molecule has 2 heteroatoms. The highest BCUT2D eigenvalue weighted by molar-refractivity contribution is 6.03. The third kappa shape index (κ3) is 6.30. The molecule has 2 nitrogen and oxygen atoms in total. The average Bonchev–Trinajstić information content (AvgIpc) is 2.58. The molecule has 1 aliphatic rings. The number of allylic oxidation sites excluding steroid dienone is 2. The maximum atomic E-state index is 4.92. The van der Waals surface area contributed by atoms with Gasteiger partial charge >= 0.3 is 0 Å². The van der Waals surface area contributed by atoms with Crippen molar-refractivity contribution < 1.29 is 0 Å². The second-order valence-electron chi connectivity index (χ2n) is 8.46. The van der Waals surface area contributed by atoms with E-state index in [-0.39, 0.29) is 0 Å². The van der Waals surface area contributed by atoms with Crippen LogP contribution >= 0.6 is 0 Å². The van der Waals surface area contributed by atoms with Crippen LogP contribution in [0.3, 0.4) is 0 Å². The molecule has 0 saturated heterocycles. The van der Waals surface area contributed by atoms with Crippen LogP contribution in [0.15, 0.2) is 35.0 Å². The molecule has 1 aromatic carbocycles. The van der Waals surface area contributed by atoms with Crippen molar-refractivity contribution in [3.05, 3.63) is 41.1 Å². The summed E-state index contributed by atoms with van der Waals surface area (Å²) in [5, 5.41) is 3.84. The maximum Gasteiger partial charge on any atom is 0.0579 e. The van der Waals surface area contributed by atoms with E-state index in [2.05, 4.69) is 64.2 Å². The number of nitrogens with one attached hydrogen (secondary N) is 1. The van der Waals surface area contributed by atoms with Gasteiger partial charge in [0.25, 0.3) is 0 Å². The molecule has 0 atom stereocenters. The van der Waals surface area contributed by atoms with Gasteiger partial charge in [0, 0.05) is 12.2 Å². The zero-order chi connectivity index (χ0) is 18.9. The Hall–Kier alpha value is -1.57. The van der Waals surface area contributed by atoms with Crippen molar-refractivity contribution in [3.8, 4) is 0 Å². The minimum atomic E-state index is 0.655. The van der Waals surface area contributed by atoms with Crippen LogP contribution in [0.25, 0.3) is 0 Å². The number of anilines is 1. The molecular formula is C24H38N2. The molecule has 0 bridgehead atoms. The highest BCUT2D eigenvalue weighted by Crippen LogP contribution is 2.29. The molecule has 1 aliphatic carbocycles. The molecule has 1 N–H and O–H groups in total. The van der Waals surface area contributed by atoms with Gasteiger partial charge in [0.15, 0.2) is 0 Å².